The normalized spacial score (nSPS) is 16.5. The molecule has 2 heterocycles. The molecule has 0 bridgehead atoms. The molecule has 6 nitrogen and oxygen atoms in total. The number of carbonyl (C=O) groups is 1. The molecule has 1 unspecified atom stereocenters. The van der Waals surface area contributed by atoms with Crippen molar-refractivity contribution in [3.63, 3.8) is 0 Å². The minimum absolute atomic E-state index is 0.0225. The van der Waals surface area contributed by atoms with Crippen molar-refractivity contribution >= 4 is 20.7 Å². The van der Waals surface area contributed by atoms with E-state index in [2.05, 4.69) is 20.4 Å². The van der Waals surface area contributed by atoms with Crippen LogP contribution in [-0.2, 0) is 12.6 Å². The Hall–Kier alpha value is -2.61. The molecule has 1 aliphatic rings. The highest BCUT2D eigenvalue weighted by Crippen LogP contribution is 2.45. The predicted octanol–water partition coefficient (Wildman–Crippen LogP) is 4.38. The summed E-state index contributed by atoms with van der Waals surface area (Å²) in [6.07, 6.45) is 4.52. The largest absolute Gasteiger partial charge is 0.341 e. The summed E-state index contributed by atoms with van der Waals surface area (Å²) in [5, 5.41) is 6.50. The lowest BCUT2D eigenvalue weighted by molar-refractivity contribution is 0.0921. The first-order valence-electron chi connectivity index (χ1n) is 9.46. The highest BCUT2D eigenvalue weighted by molar-refractivity contribution is 7.18. The number of alkyl halides is 4. The van der Waals surface area contributed by atoms with Crippen LogP contribution >= 0.6 is 9.24 Å². The van der Waals surface area contributed by atoms with E-state index in [1.807, 2.05) is 0 Å². The van der Waals surface area contributed by atoms with Gasteiger partial charge < -0.3 is 5.32 Å². The number of aromatic nitrogens is 4. The summed E-state index contributed by atoms with van der Waals surface area (Å²) in [7, 11) is 2.91. The fourth-order valence-corrected chi connectivity index (χ4v) is 3.11. The summed E-state index contributed by atoms with van der Waals surface area (Å²) in [5.74, 6) is -0.256. The molecule has 166 valence electrons. The second-order valence-electron chi connectivity index (χ2n) is 7.40. The van der Waals surface area contributed by atoms with Crippen LogP contribution in [0.5, 0.6) is 0 Å². The van der Waals surface area contributed by atoms with Gasteiger partial charge in [0.05, 0.1) is 5.54 Å². The van der Waals surface area contributed by atoms with Crippen LogP contribution in [0.4, 0.5) is 17.6 Å². The Kier molecular flexibility index (Phi) is 6.32. The van der Waals surface area contributed by atoms with E-state index in [0.717, 1.165) is 10.7 Å². The summed E-state index contributed by atoms with van der Waals surface area (Å²) < 4.78 is 53.7. The molecule has 1 N–H and O–H groups in total. The fourth-order valence-electron chi connectivity index (χ4n) is 3.03. The van der Waals surface area contributed by atoms with Crippen LogP contribution in [0.15, 0.2) is 36.2 Å². The van der Waals surface area contributed by atoms with Gasteiger partial charge in [0.2, 0.25) is 0 Å². The van der Waals surface area contributed by atoms with Crippen LogP contribution in [0, 0.1) is 0 Å². The van der Waals surface area contributed by atoms with Gasteiger partial charge in [-0.2, -0.15) is 13.9 Å². The first-order chi connectivity index (χ1) is 14.5. The summed E-state index contributed by atoms with van der Waals surface area (Å²) in [6, 6.07) is 1.06. The van der Waals surface area contributed by atoms with Crippen molar-refractivity contribution in [3.8, 4) is 0 Å². The van der Waals surface area contributed by atoms with E-state index in [-0.39, 0.29) is 17.1 Å². The Bertz CT molecular complexity index is 1040. The second-order valence-corrected chi connectivity index (χ2v) is 8.13. The molecule has 0 saturated heterocycles. The van der Waals surface area contributed by atoms with Crippen LogP contribution in [0.2, 0.25) is 0 Å². The Morgan fingerprint density at radius 1 is 1.32 bits per heavy atom. The minimum Gasteiger partial charge on any atom is -0.341 e. The lowest BCUT2D eigenvalue weighted by atomic mass is 10.1. The first-order valence-corrected chi connectivity index (χ1v) is 10.0. The standard InChI is InChI=1S/C20H22F4N5OP/c1-4-12(7-11(2)20(23,24)31)17-25-9-13(10-26-17)19(5-6-19)27-18(30)15-8-14(16(21)22)28-29(15)3/h4,7-10,16H,5-6,31H2,1-3H3,(H,27,30)/b11-7+,12-4+. The molecule has 1 atom stereocenters. The van der Waals surface area contributed by atoms with Crippen molar-refractivity contribution in [2.75, 3.05) is 0 Å². The number of nitrogens with one attached hydrogen (secondary N) is 1. The zero-order chi connectivity index (χ0) is 23.0. The van der Waals surface area contributed by atoms with Crippen molar-refractivity contribution in [2.45, 2.75) is 44.3 Å². The summed E-state index contributed by atoms with van der Waals surface area (Å²) in [4.78, 5) is 21.2. The van der Waals surface area contributed by atoms with Gasteiger partial charge in [0.25, 0.3) is 18.0 Å². The van der Waals surface area contributed by atoms with Crippen molar-refractivity contribution in [3.05, 3.63) is 59.0 Å². The number of hydrogen-bond donors (Lipinski definition) is 1. The maximum Gasteiger partial charge on any atom is 0.282 e. The third kappa shape index (κ3) is 5.01. The average molecular weight is 455 g/mol. The van der Waals surface area contributed by atoms with Crippen molar-refractivity contribution in [1.82, 2.24) is 25.1 Å². The van der Waals surface area contributed by atoms with Gasteiger partial charge in [-0.15, -0.1) is 0 Å². The average Bonchev–Trinajstić information content (AvgIpc) is 3.37. The zero-order valence-corrected chi connectivity index (χ0v) is 18.3. The summed E-state index contributed by atoms with van der Waals surface area (Å²) in [5.41, 5.74) is -3.24. The maximum absolute atomic E-state index is 13.4. The van der Waals surface area contributed by atoms with E-state index in [4.69, 9.17) is 0 Å². The second kappa shape index (κ2) is 8.49. The summed E-state index contributed by atoms with van der Waals surface area (Å²) >= 11 is 0. The number of amides is 1. The molecule has 1 saturated carbocycles. The Balaban J connectivity index is 1.78. The third-order valence-corrected chi connectivity index (χ3v) is 5.58. The molecule has 2 aromatic heterocycles. The topological polar surface area (TPSA) is 72.7 Å². The van der Waals surface area contributed by atoms with Crippen molar-refractivity contribution < 1.29 is 22.4 Å². The minimum atomic E-state index is -3.04. The summed E-state index contributed by atoms with van der Waals surface area (Å²) in [6.45, 7) is 3.01. The quantitative estimate of drug-likeness (QED) is 0.382. The molecule has 1 fully saturated rings. The maximum atomic E-state index is 13.4. The van der Waals surface area contributed by atoms with E-state index in [1.54, 1.807) is 13.0 Å². The number of aryl methyl sites for hydroxylation is 1. The van der Waals surface area contributed by atoms with Gasteiger partial charge >= 0.3 is 0 Å². The lowest BCUT2D eigenvalue weighted by Crippen LogP contribution is -2.36. The molecule has 1 aliphatic carbocycles. The van der Waals surface area contributed by atoms with Gasteiger partial charge in [-0.1, -0.05) is 15.3 Å². The molecule has 2 aromatic rings. The van der Waals surface area contributed by atoms with Gasteiger partial charge in [0.1, 0.15) is 11.4 Å². The number of carbonyl (C=O) groups excluding carboxylic acids is 1. The monoisotopic (exact) mass is 455 g/mol. The molecule has 0 radical (unpaired) electrons. The predicted molar refractivity (Wildman–Crippen MR) is 111 cm³/mol. The van der Waals surface area contributed by atoms with E-state index in [9.17, 15) is 22.4 Å². The highest BCUT2D eigenvalue weighted by atomic mass is 31.0. The van der Waals surface area contributed by atoms with Gasteiger partial charge in [0, 0.05) is 30.6 Å². The van der Waals surface area contributed by atoms with E-state index < -0.39 is 29.2 Å². The number of halogens is 4. The van der Waals surface area contributed by atoms with E-state index in [1.165, 1.54) is 41.7 Å². The Labute approximate surface area is 179 Å². The van der Waals surface area contributed by atoms with Crippen molar-refractivity contribution in [2.24, 2.45) is 7.05 Å². The number of hydrogen-bond acceptors (Lipinski definition) is 4. The number of allylic oxidation sites excluding steroid dienone is 4. The van der Waals surface area contributed by atoms with Crippen LogP contribution < -0.4 is 5.32 Å². The Morgan fingerprint density at radius 2 is 1.94 bits per heavy atom. The van der Waals surface area contributed by atoms with E-state index in [0.29, 0.717) is 24.0 Å². The molecule has 0 spiro atoms. The van der Waals surface area contributed by atoms with Gasteiger partial charge in [-0.25, -0.2) is 18.7 Å². The molecule has 31 heavy (non-hydrogen) atoms. The number of rotatable bonds is 7. The van der Waals surface area contributed by atoms with E-state index >= 15 is 0 Å². The van der Waals surface area contributed by atoms with Gasteiger partial charge in [0.15, 0.2) is 5.82 Å². The highest BCUT2D eigenvalue weighted by Gasteiger charge is 2.46. The third-order valence-electron chi connectivity index (χ3n) is 5.13. The Morgan fingerprint density at radius 3 is 2.39 bits per heavy atom. The molecule has 0 aliphatic heterocycles. The molecule has 3 rings (SSSR count). The molecule has 0 aromatic carbocycles. The smallest absolute Gasteiger partial charge is 0.282 e. The fraction of sp³-hybridized carbons (Fsp3) is 0.400. The molecule has 11 heteroatoms. The SMILES string of the molecule is C/C=C(\C=C(/C)C(F)(F)P)c1ncc(C2(NC(=O)c3cc(C(F)F)nn3C)CC2)cn1. The molecular formula is C20H22F4N5OP. The molecule has 1 amide bonds. The van der Waals surface area contributed by atoms with Gasteiger partial charge in [-0.3, -0.25) is 9.48 Å². The number of nitrogens with zero attached hydrogens (tertiary/aromatic N) is 4. The zero-order valence-electron chi connectivity index (χ0n) is 17.2. The first kappa shape index (κ1) is 23.1. The van der Waals surface area contributed by atoms with Gasteiger partial charge in [-0.05, 0) is 44.4 Å². The van der Waals surface area contributed by atoms with Crippen LogP contribution in [0.1, 0.15) is 60.7 Å². The lowest BCUT2D eigenvalue weighted by Gasteiger charge is -2.17. The van der Waals surface area contributed by atoms with Crippen LogP contribution in [0.25, 0.3) is 5.57 Å². The molecular weight excluding hydrogens is 433 g/mol. The van der Waals surface area contributed by atoms with Crippen molar-refractivity contribution in [1.29, 1.82) is 0 Å². The van der Waals surface area contributed by atoms with Crippen LogP contribution in [-0.4, -0.2) is 31.3 Å². The van der Waals surface area contributed by atoms with Crippen LogP contribution in [0.3, 0.4) is 0 Å².